The van der Waals surface area contributed by atoms with Crippen LogP contribution in [-0.4, -0.2) is 84.8 Å². The van der Waals surface area contributed by atoms with Gasteiger partial charge in [-0.05, 0) is 49.2 Å². The van der Waals surface area contributed by atoms with Crippen molar-refractivity contribution in [3.05, 3.63) is 94.1 Å². The number of carboxylic acids is 2. The van der Waals surface area contributed by atoms with Crippen molar-refractivity contribution in [1.29, 1.82) is 0 Å². The molecule has 0 aromatic heterocycles. The maximum absolute atomic E-state index is 14.8. The summed E-state index contributed by atoms with van der Waals surface area (Å²) in [6.45, 7) is 6.51. The molecule has 12 nitrogen and oxygen atoms in total. The summed E-state index contributed by atoms with van der Waals surface area (Å²) in [5, 5.41) is 19.1. The van der Waals surface area contributed by atoms with Crippen LogP contribution in [0.2, 0.25) is 0 Å². The number of benzene rings is 2. The molecule has 2 aromatic carbocycles. The minimum Gasteiger partial charge on any atom is -0.478 e. The van der Waals surface area contributed by atoms with E-state index in [-0.39, 0.29) is 41.5 Å². The Morgan fingerprint density at radius 1 is 0.571 bits per heavy atom. The average molecular weight is 705 g/mol. The maximum atomic E-state index is 14.8. The van der Waals surface area contributed by atoms with Crippen molar-refractivity contribution in [2.45, 2.75) is 31.6 Å². The number of carbonyl (C=O) groups is 6. The van der Waals surface area contributed by atoms with Gasteiger partial charge in [-0.1, -0.05) is 25.3 Å². The van der Waals surface area contributed by atoms with Gasteiger partial charge >= 0.3 is 48.2 Å². The van der Waals surface area contributed by atoms with Crippen molar-refractivity contribution in [2.75, 3.05) is 26.4 Å². The molecule has 0 amide bonds. The molecular formula is C31H26F6O12. The number of esters is 4. The molecule has 0 bridgehead atoms. The van der Waals surface area contributed by atoms with E-state index in [9.17, 15) is 65.3 Å². The first-order valence-corrected chi connectivity index (χ1v) is 13.5. The van der Waals surface area contributed by atoms with E-state index in [2.05, 4.69) is 22.6 Å². The molecule has 0 saturated heterocycles. The third kappa shape index (κ3) is 8.82. The summed E-state index contributed by atoms with van der Waals surface area (Å²) in [5.41, 5.74) is -13.4. The van der Waals surface area contributed by atoms with Crippen LogP contribution in [0.5, 0.6) is 0 Å². The Kier molecular flexibility index (Phi) is 12.5. The van der Waals surface area contributed by atoms with E-state index in [0.29, 0.717) is 6.07 Å². The van der Waals surface area contributed by atoms with Crippen LogP contribution in [0.25, 0.3) is 0 Å². The fourth-order valence-electron chi connectivity index (χ4n) is 4.19. The monoisotopic (exact) mass is 704 g/mol. The Morgan fingerprint density at radius 2 is 0.918 bits per heavy atom. The van der Waals surface area contributed by atoms with E-state index in [0.717, 1.165) is 0 Å². The molecule has 2 aromatic rings. The second-order valence-corrected chi connectivity index (χ2v) is 9.98. The molecule has 0 spiro atoms. The number of aromatic carboxylic acids is 2. The zero-order valence-electron chi connectivity index (χ0n) is 25.5. The summed E-state index contributed by atoms with van der Waals surface area (Å²) in [6, 6.07) is 0.808. The lowest BCUT2D eigenvalue weighted by atomic mass is 9.71. The van der Waals surface area contributed by atoms with Gasteiger partial charge < -0.3 is 29.2 Å². The second kappa shape index (κ2) is 15.5. The van der Waals surface area contributed by atoms with Crippen LogP contribution in [0.1, 0.15) is 66.4 Å². The summed E-state index contributed by atoms with van der Waals surface area (Å²) in [7, 11) is 0. The van der Waals surface area contributed by atoms with E-state index >= 15 is 0 Å². The smallest absolute Gasteiger partial charge is 0.411 e. The Balaban J connectivity index is 2.70. The summed E-state index contributed by atoms with van der Waals surface area (Å²) in [4.78, 5) is 71.9. The highest BCUT2D eigenvalue weighted by Gasteiger charge is 2.72. The molecule has 0 aliphatic rings. The summed E-state index contributed by atoms with van der Waals surface area (Å²) in [5.74, 6) is -9.10. The Bertz CT molecular complexity index is 1680. The van der Waals surface area contributed by atoms with Gasteiger partial charge in [-0.25, -0.2) is 28.8 Å². The van der Waals surface area contributed by atoms with Crippen molar-refractivity contribution in [2.24, 2.45) is 0 Å². The summed E-state index contributed by atoms with van der Waals surface area (Å²) < 4.78 is 108. The van der Waals surface area contributed by atoms with Crippen molar-refractivity contribution in [3.8, 4) is 0 Å². The lowest BCUT2D eigenvalue weighted by Crippen LogP contribution is -2.55. The number of alkyl halides is 6. The summed E-state index contributed by atoms with van der Waals surface area (Å²) in [6.07, 6.45) is -12.7. The fraction of sp³-hybridized carbons (Fsp3) is 0.290. The van der Waals surface area contributed by atoms with Gasteiger partial charge in [0.15, 0.2) is 0 Å². The summed E-state index contributed by atoms with van der Waals surface area (Å²) >= 11 is 0. The molecule has 0 radical (unpaired) electrons. The van der Waals surface area contributed by atoms with Crippen LogP contribution in [-0.2, 0) is 34.0 Å². The molecule has 0 aliphatic heterocycles. The van der Waals surface area contributed by atoms with Crippen molar-refractivity contribution in [1.82, 2.24) is 0 Å². The topological polar surface area (TPSA) is 180 Å². The fourth-order valence-corrected chi connectivity index (χ4v) is 4.19. The predicted molar refractivity (Wildman–Crippen MR) is 152 cm³/mol. The second-order valence-electron chi connectivity index (χ2n) is 9.98. The Hall–Kier alpha value is -5.68. The number of halogens is 6. The van der Waals surface area contributed by atoms with Gasteiger partial charge in [0.05, 0.1) is 22.3 Å². The number of ether oxygens (including phenoxy) is 4. The molecule has 0 heterocycles. The Labute approximate surface area is 272 Å². The SMILES string of the molecule is C=C(C)C(=O)OCCOC(=O)c1ccc(C(c2ccc(C(=O)O)c(C(=O)OCCOC(=O)C(=C)C)c2)(C(F)(F)F)C(F)(F)F)cc1C(=O)O. The minimum absolute atomic E-state index is 0.0175. The molecule has 0 unspecified atom stereocenters. The largest absolute Gasteiger partial charge is 0.478 e. The minimum atomic E-state index is -6.35. The molecule has 0 aliphatic carbocycles. The maximum Gasteiger partial charge on any atom is 0.411 e. The number of hydrogen-bond donors (Lipinski definition) is 2. The molecular weight excluding hydrogens is 678 g/mol. The van der Waals surface area contributed by atoms with E-state index in [1.54, 1.807) is 0 Å². The van der Waals surface area contributed by atoms with E-state index in [4.69, 9.17) is 9.47 Å². The number of hydrogen-bond acceptors (Lipinski definition) is 10. The molecule has 2 N–H and O–H groups in total. The molecule has 0 saturated carbocycles. The quantitative estimate of drug-likeness (QED) is 0.0881. The molecule has 0 fully saturated rings. The number of carbonyl (C=O) groups excluding carboxylic acids is 4. The predicted octanol–water partition coefficient (Wildman–Crippen LogP) is 5.05. The van der Waals surface area contributed by atoms with Crippen molar-refractivity contribution < 1.29 is 84.3 Å². The highest BCUT2D eigenvalue weighted by atomic mass is 19.4. The van der Waals surface area contributed by atoms with Gasteiger partial charge in [0.25, 0.3) is 0 Å². The lowest BCUT2D eigenvalue weighted by Gasteiger charge is -2.38. The van der Waals surface area contributed by atoms with Crippen LogP contribution < -0.4 is 0 Å². The van der Waals surface area contributed by atoms with Gasteiger partial charge in [-0.2, -0.15) is 26.3 Å². The van der Waals surface area contributed by atoms with Crippen molar-refractivity contribution >= 4 is 35.8 Å². The third-order valence-corrected chi connectivity index (χ3v) is 6.45. The van der Waals surface area contributed by atoms with Gasteiger partial charge in [-0.15, -0.1) is 0 Å². The first-order valence-electron chi connectivity index (χ1n) is 13.5. The number of carboxylic acid groups (broad SMARTS) is 2. The molecule has 0 atom stereocenters. The highest BCUT2D eigenvalue weighted by molar-refractivity contribution is 6.03. The van der Waals surface area contributed by atoms with E-state index in [1.165, 1.54) is 13.8 Å². The lowest BCUT2D eigenvalue weighted by molar-refractivity contribution is -0.288. The van der Waals surface area contributed by atoms with Gasteiger partial charge in [-0.3, -0.25) is 0 Å². The normalized spacial score (nSPS) is 11.6. The van der Waals surface area contributed by atoms with Crippen molar-refractivity contribution in [3.63, 3.8) is 0 Å². The third-order valence-electron chi connectivity index (χ3n) is 6.45. The van der Waals surface area contributed by atoms with Crippen LogP contribution in [0.3, 0.4) is 0 Å². The van der Waals surface area contributed by atoms with Crippen LogP contribution in [0.15, 0.2) is 60.7 Å². The van der Waals surface area contributed by atoms with Gasteiger partial charge in [0, 0.05) is 11.1 Å². The number of rotatable bonds is 14. The highest BCUT2D eigenvalue weighted by Crippen LogP contribution is 2.56. The zero-order valence-corrected chi connectivity index (χ0v) is 25.5. The van der Waals surface area contributed by atoms with Crippen LogP contribution in [0, 0.1) is 0 Å². The molecule has 264 valence electrons. The van der Waals surface area contributed by atoms with E-state index < -0.39 is 113 Å². The standard InChI is InChI=1S/C31H26F6O12/c1-15(2)25(42)46-9-11-48-27(44)20-8-6-17(13-21(20)24(40)41)29(30(32,33)34,31(35,36)37)18-5-7-19(23(38)39)22(14-18)28(45)49-12-10-47-26(43)16(3)4/h5-8,13-14H,1,3,9-12H2,2,4H3,(H,38,39)(H,40,41). The zero-order chi connectivity index (χ0) is 37.5. The molecule has 2 rings (SSSR count). The van der Waals surface area contributed by atoms with E-state index in [1.807, 2.05) is 0 Å². The molecule has 49 heavy (non-hydrogen) atoms. The first-order chi connectivity index (χ1) is 22.6. The van der Waals surface area contributed by atoms with Crippen LogP contribution in [0.4, 0.5) is 26.3 Å². The Morgan fingerprint density at radius 3 is 1.29 bits per heavy atom. The first kappa shape index (κ1) is 39.5. The van der Waals surface area contributed by atoms with Gasteiger partial charge in [0.1, 0.15) is 26.4 Å². The van der Waals surface area contributed by atoms with Gasteiger partial charge in [0.2, 0.25) is 5.41 Å². The average Bonchev–Trinajstić information content (AvgIpc) is 2.99. The van der Waals surface area contributed by atoms with Crippen LogP contribution >= 0.6 is 0 Å². The molecule has 18 heteroatoms.